The number of para-hydroxylation sites is 2. The second-order valence-electron chi connectivity index (χ2n) is 11.4. The molecule has 2 aromatic heterocycles. The maximum atomic E-state index is 5.13. The standard InChI is InChI=1S/C41H27N3/c1-3-11-27(12-4-1)38-25-31(26-39(43-38)28-13-5-2-6-14-28)44-40-18-10-8-16-33(40)35-24-30(20-22-41(35)44)29-19-21-37-34(23-29)32-15-7-9-17-36(32)42-37/h1-26,42H/p+1. The number of quaternary nitrogens is 1. The third-order valence-electron chi connectivity index (χ3n) is 8.83. The summed E-state index contributed by atoms with van der Waals surface area (Å²) < 4.78 is 2.39. The summed E-state index contributed by atoms with van der Waals surface area (Å²) in [6.07, 6.45) is 0. The van der Waals surface area contributed by atoms with Gasteiger partial charge in [-0.1, -0.05) is 97.1 Å². The highest BCUT2D eigenvalue weighted by atomic mass is 15.0. The number of hydrogen-bond acceptors (Lipinski definition) is 1. The zero-order valence-electron chi connectivity index (χ0n) is 24.0. The van der Waals surface area contributed by atoms with E-state index in [9.17, 15) is 0 Å². The minimum Gasteiger partial charge on any atom is -0.309 e. The lowest BCUT2D eigenvalue weighted by Crippen LogP contribution is -2.69. The van der Waals surface area contributed by atoms with E-state index in [1.165, 1.54) is 55.4 Å². The van der Waals surface area contributed by atoms with Crippen LogP contribution >= 0.6 is 0 Å². The number of rotatable bonds is 4. The normalized spacial score (nSPS) is 12.0. The van der Waals surface area contributed by atoms with Crippen LogP contribution in [-0.2, 0) is 0 Å². The quantitative estimate of drug-likeness (QED) is 0.213. The van der Waals surface area contributed by atoms with Crippen LogP contribution < -0.4 is 5.32 Å². The number of benzene rings is 6. The smallest absolute Gasteiger partial charge is 0.142 e. The van der Waals surface area contributed by atoms with Gasteiger partial charge < -0.3 is 4.57 Å². The van der Waals surface area contributed by atoms with E-state index in [0.717, 1.165) is 28.2 Å². The van der Waals surface area contributed by atoms with Crippen LogP contribution in [0, 0.1) is 0 Å². The highest BCUT2D eigenvalue weighted by molar-refractivity contribution is 6.10. The molecule has 0 saturated carbocycles. The lowest BCUT2D eigenvalue weighted by molar-refractivity contribution is -0.473. The van der Waals surface area contributed by atoms with Gasteiger partial charge in [0.1, 0.15) is 11.4 Å². The first-order valence-electron chi connectivity index (χ1n) is 15.1. The Morgan fingerprint density at radius 1 is 0.409 bits per heavy atom. The highest BCUT2D eigenvalue weighted by Gasteiger charge is 2.23. The second kappa shape index (κ2) is 9.91. The Bertz CT molecular complexity index is 2290. The first kappa shape index (κ1) is 24.8. The molecule has 2 N–H and O–H groups in total. The fraction of sp³-hybridized carbons (Fsp3) is 0. The molecule has 0 saturated heterocycles. The summed E-state index contributed by atoms with van der Waals surface area (Å²) in [5, 5.41) is 4.77. The van der Waals surface area contributed by atoms with Crippen molar-refractivity contribution < 1.29 is 5.32 Å². The number of nitrogens with zero attached hydrogens (tertiary/aromatic N) is 2. The number of fused-ring (bicyclic) bond motifs is 6. The molecule has 3 heterocycles. The Labute approximate surface area is 255 Å². The van der Waals surface area contributed by atoms with E-state index in [1.54, 1.807) is 0 Å². The highest BCUT2D eigenvalue weighted by Crippen LogP contribution is 2.40. The topological polar surface area (TPSA) is 34.4 Å². The van der Waals surface area contributed by atoms with Gasteiger partial charge in [0, 0.05) is 45.2 Å². The van der Waals surface area contributed by atoms with Crippen LogP contribution in [0.15, 0.2) is 158 Å². The third-order valence-corrected chi connectivity index (χ3v) is 8.83. The van der Waals surface area contributed by atoms with Crippen LogP contribution in [-0.4, -0.2) is 9.55 Å². The largest absolute Gasteiger partial charge is 0.309 e. The Morgan fingerprint density at radius 3 is 1.77 bits per heavy atom. The van der Waals surface area contributed by atoms with Gasteiger partial charge in [-0.3, -0.25) is 5.32 Å². The van der Waals surface area contributed by atoms with Crippen LogP contribution in [0.2, 0.25) is 0 Å². The number of hydrogen-bond donors (Lipinski definition) is 1. The summed E-state index contributed by atoms with van der Waals surface area (Å²) in [5.41, 5.74) is 15.2. The zero-order valence-corrected chi connectivity index (χ0v) is 24.0. The van der Waals surface area contributed by atoms with Crippen molar-refractivity contribution in [3.05, 3.63) is 158 Å². The van der Waals surface area contributed by atoms with Crippen molar-refractivity contribution in [1.29, 1.82) is 0 Å². The lowest BCUT2D eigenvalue weighted by atomic mass is 9.98. The van der Waals surface area contributed by atoms with Crippen LogP contribution in [0.4, 0.5) is 11.4 Å². The third kappa shape index (κ3) is 3.98. The number of aromatic nitrogens is 2. The van der Waals surface area contributed by atoms with Gasteiger partial charge in [0.15, 0.2) is 0 Å². The van der Waals surface area contributed by atoms with E-state index >= 15 is 0 Å². The van der Waals surface area contributed by atoms with Gasteiger partial charge in [-0.25, -0.2) is 4.98 Å². The van der Waals surface area contributed by atoms with Crippen molar-refractivity contribution in [2.75, 3.05) is 0 Å². The van der Waals surface area contributed by atoms with Crippen LogP contribution in [0.25, 0.3) is 72.3 Å². The fourth-order valence-corrected chi connectivity index (χ4v) is 6.72. The maximum absolute atomic E-state index is 5.13. The van der Waals surface area contributed by atoms with Crippen molar-refractivity contribution >= 4 is 33.2 Å². The molecule has 8 aromatic rings. The molecule has 1 aliphatic rings. The summed E-state index contributed by atoms with van der Waals surface area (Å²) >= 11 is 0. The number of nitrogens with two attached hydrogens (primary N) is 1. The predicted molar refractivity (Wildman–Crippen MR) is 182 cm³/mol. The summed E-state index contributed by atoms with van der Waals surface area (Å²) in [7, 11) is 0. The van der Waals surface area contributed by atoms with E-state index in [2.05, 4.69) is 155 Å². The molecule has 0 unspecified atom stereocenters. The van der Waals surface area contributed by atoms with Crippen molar-refractivity contribution in [2.24, 2.45) is 0 Å². The Balaban J connectivity index is 1.25. The minimum absolute atomic E-state index is 0.958. The first-order valence-corrected chi connectivity index (χ1v) is 15.1. The monoisotopic (exact) mass is 562 g/mol. The van der Waals surface area contributed by atoms with Crippen LogP contribution in [0.1, 0.15) is 0 Å². The Hall–Kier alpha value is -5.77. The molecule has 0 aliphatic carbocycles. The Kier molecular flexibility index (Phi) is 5.58. The molecule has 0 amide bonds. The molecule has 0 fully saturated rings. The van der Waals surface area contributed by atoms with Gasteiger partial charge in [-0.2, -0.15) is 0 Å². The fourth-order valence-electron chi connectivity index (χ4n) is 6.72. The van der Waals surface area contributed by atoms with Crippen molar-refractivity contribution in [3.8, 4) is 50.5 Å². The molecule has 44 heavy (non-hydrogen) atoms. The molecule has 3 nitrogen and oxygen atoms in total. The molecule has 9 rings (SSSR count). The summed E-state index contributed by atoms with van der Waals surface area (Å²) in [6.45, 7) is 0. The molecule has 3 heteroatoms. The van der Waals surface area contributed by atoms with Gasteiger partial charge in [0.05, 0.1) is 28.1 Å². The number of pyridine rings is 1. The van der Waals surface area contributed by atoms with Crippen LogP contribution in [0.3, 0.4) is 0 Å². The average Bonchev–Trinajstić information content (AvgIpc) is 3.64. The van der Waals surface area contributed by atoms with Gasteiger partial charge in [0.2, 0.25) is 0 Å². The van der Waals surface area contributed by atoms with Crippen LogP contribution in [0.5, 0.6) is 0 Å². The lowest BCUT2D eigenvalue weighted by Gasteiger charge is -2.13. The summed E-state index contributed by atoms with van der Waals surface area (Å²) in [5.74, 6) is 0. The predicted octanol–water partition coefficient (Wildman–Crippen LogP) is 9.69. The molecule has 0 atom stereocenters. The molecule has 0 spiro atoms. The molecule has 206 valence electrons. The van der Waals surface area contributed by atoms with E-state index in [0.29, 0.717) is 0 Å². The molecule has 0 radical (unpaired) electrons. The van der Waals surface area contributed by atoms with E-state index in [1.807, 2.05) is 12.1 Å². The molecular weight excluding hydrogens is 534 g/mol. The van der Waals surface area contributed by atoms with Crippen molar-refractivity contribution in [2.45, 2.75) is 0 Å². The van der Waals surface area contributed by atoms with Crippen molar-refractivity contribution in [3.63, 3.8) is 0 Å². The first-order chi connectivity index (χ1) is 21.8. The molecule has 6 aromatic carbocycles. The minimum atomic E-state index is 0.958. The molecule has 1 aliphatic heterocycles. The van der Waals surface area contributed by atoms with Gasteiger partial charge in [0.25, 0.3) is 0 Å². The zero-order chi connectivity index (χ0) is 29.0. The van der Waals surface area contributed by atoms with E-state index in [4.69, 9.17) is 4.98 Å². The second-order valence-corrected chi connectivity index (χ2v) is 11.4. The molecular formula is C41H28N3+. The SMILES string of the molecule is c1ccc(-c2cc(-n3c4ccccc4c4cc(-c5ccc6c(c5)-c5ccccc5[NH2+]6)ccc43)cc(-c3ccccc3)n2)cc1. The maximum Gasteiger partial charge on any atom is 0.142 e. The summed E-state index contributed by atoms with van der Waals surface area (Å²) in [4.78, 5) is 5.13. The van der Waals surface area contributed by atoms with E-state index < -0.39 is 0 Å². The van der Waals surface area contributed by atoms with Gasteiger partial charge in [-0.15, -0.1) is 0 Å². The van der Waals surface area contributed by atoms with Crippen molar-refractivity contribution in [1.82, 2.24) is 9.55 Å². The molecule has 0 bridgehead atoms. The van der Waals surface area contributed by atoms with Gasteiger partial charge in [-0.05, 0) is 59.7 Å². The Morgan fingerprint density at radius 2 is 1.00 bits per heavy atom. The average molecular weight is 563 g/mol. The van der Waals surface area contributed by atoms with E-state index in [-0.39, 0.29) is 0 Å². The summed E-state index contributed by atoms with van der Waals surface area (Å²) in [6, 6.07) is 56.5. The van der Waals surface area contributed by atoms with Gasteiger partial charge >= 0.3 is 0 Å².